The number of nitrogens with two attached hydrogens (primary N) is 1. The third kappa shape index (κ3) is 6.88. The van der Waals surface area contributed by atoms with Gasteiger partial charge in [0.05, 0.1) is 5.75 Å². The minimum absolute atomic E-state index is 0.0833. The summed E-state index contributed by atoms with van der Waals surface area (Å²) in [5.41, 5.74) is 7.53. The van der Waals surface area contributed by atoms with E-state index in [0.29, 0.717) is 0 Å². The fourth-order valence-electron chi connectivity index (χ4n) is 2.48. The molecule has 6 nitrogen and oxygen atoms in total. The van der Waals surface area contributed by atoms with Crippen molar-refractivity contribution in [3.05, 3.63) is 71.8 Å². The number of esters is 2. The summed E-state index contributed by atoms with van der Waals surface area (Å²) in [4.78, 5) is 36.3. The van der Waals surface area contributed by atoms with Crippen molar-refractivity contribution in [3.63, 3.8) is 0 Å². The van der Waals surface area contributed by atoms with Gasteiger partial charge in [-0.1, -0.05) is 60.7 Å². The van der Waals surface area contributed by atoms with Crippen LogP contribution in [0.5, 0.6) is 0 Å². The number of hydrogen-bond donors (Lipinski definition) is 3. The second kappa shape index (κ2) is 10.5. The highest BCUT2D eigenvalue weighted by atomic mass is 32.1. The van der Waals surface area contributed by atoms with Gasteiger partial charge in [-0.25, -0.2) is 9.59 Å². The first-order valence-corrected chi connectivity index (χ1v) is 9.12. The van der Waals surface area contributed by atoms with Gasteiger partial charge in [-0.05, 0) is 17.5 Å². The van der Waals surface area contributed by atoms with Gasteiger partial charge in [0.15, 0.2) is 0 Å². The molecule has 0 saturated carbocycles. The highest BCUT2D eigenvalue weighted by Crippen LogP contribution is 2.07. The SMILES string of the molecule is N[C@@H](Cc1ccccc1)C(=O)OC(=O)[C@H](Cc1ccccc1)NC(=O)CS. The minimum atomic E-state index is -1.00. The largest absolute Gasteiger partial charge is 0.390 e. The molecule has 0 unspecified atom stereocenters. The van der Waals surface area contributed by atoms with Gasteiger partial charge in [0.25, 0.3) is 0 Å². The first-order chi connectivity index (χ1) is 13.0. The highest BCUT2D eigenvalue weighted by Gasteiger charge is 2.27. The molecule has 0 radical (unpaired) electrons. The van der Waals surface area contributed by atoms with Gasteiger partial charge in [0, 0.05) is 6.42 Å². The zero-order valence-corrected chi connectivity index (χ0v) is 15.6. The number of carbonyl (C=O) groups excluding carboxylic acids is 3. The molecule has 0 aliphatic heterocycles. The molecule has 0 saturated heterocycles. The molecule has 2 aromatic rings. The highest BCUT2D eigenvalue weighted by molar-refractivity contribution is 7.81. The number of benzene rings is 2. The normalized spacial score (nSPS) is 12.7. The van der Waals surface area contributed by atoms with E-state index in [1.165, 1.54) is 0 Å². The Hall–Kier alpha value is -2.64. The molecule has 0 bridgehead atoms. The van der Waals surface area contributed by atoms with Crippen LogP contribution in [-0.4, -0.2) is 35.7 Å². The standard InChI is InChI=1S/C20H22N2O4S/c21-16(11-14-7-3-1-4-8-14)19(24)26-20(25)17(22-18(23)13-27)12-15-9-5-2-6-10-15/h1-10,16-17,27H,11-13,21H2,(H,22,23)/t16-,17-/m0/s1. The Labute approximate surface area is 163 Å². The van der Waals surface area contributed by atoms with Gasteiger partial charge in [-0.15, -0.1) is 0 Å². The maximum absolute atomic E-state index is 12.4. The van der Waals surface area contributed by atoms with E-state index >= 15 is 0 Å². The average molecular weight is 386 g/mol. The fraction of sp³-hybridized carbons (Fsp3) is 0.250. The summed E-state index contributed by atoms with van der Waals surface area (Å²) in [6.07, 6.45) is 0.444. The molecular weight excluding hydrogens is 364 g/mol. The second-order valence-corrected chi connectivity index (χ2v) is 6.32. The van der Waals surface area contributed by atoms with Crippen LogP contribution in [0.3, 0.4) is 0 Å². The number of rotatable bonds is 8. The van der Waals surface area contributed by atoms with Gasteiger partial charge >= 0.3 is 11.9 Å². The lowest BCUT2D eigenvalue weighted by Gasteiger charge is -2.18. The first-order valence-electron chi connectivity index (χ1n) is 8.48. The zero-order chi connectivity index (χ0) is 19.6. The van der Waals surface area contributed by atoms with Crippen LogP contribution in [0, 0.1) is 0 Å². The Morgan fingerprint density at radius 2 is 1.41 bits per heavy atom. The molecule has 2 aromatic carbocycles. The van der Waals surface area contributed by atoms with Crippen molar-refractivity contribution in [2.75, 3.05) is 5.75 Å². The molecule has 7 heteroatoms. The number of hydrogen-bond acceptors (Lipinski definition) is 6. The molecule has 0 aromatic heterocycles. The van der Waals surface area contributed by atoms with Crippen molar-refractivity contribution in [1.82, 2.24) is 5.32 Å². The van der Waals surface area contributed by atoms with Crippen LogP contribution in [0.15, 0.2) is 60.7 Å². The Balaban J connectivity index is 2.00. The summed E-state index contributed by atoms with van der Waals surface area (Å²) in [7, 11) is 0. The zero-order valence-electron chi connectivity index (χ0n) is 14.7. The van der Waals surface area contributed by atoms with Crippen LogP contribution in [-0.2, 0) is 32.0 Å². The van der Waals surface area contributed by atoms with Gasteiger partial charge in [0.2, 0.25) is 5.91 Å². The predicted octanol–water partition coefficient (Wildman–Crippen LogP) is 1.28. The van der Waals surface area contributed by atoms with Crippen molar-refractivity contribution in [2.24, 2.45) is 5.73 Å². The lowest BCUT2D eigenvalue weighted by Crippen LogP contribution is -2.46. The van der Waals surface area contributed by atoms with Gasteiger partial charge in [0.1, 0.15) is 12.1 Å². The van der Waals surface area contributed by atoms with Crippen molar-refractivity contribution in [2.45, 2.75) is 24.9 Å². The van der Waals surface area contributed by atoms with Crippen molar-refractivity contribution < 1.29 is 19.1 Å². The molecule has 0 aliphatic rings. The fourth-order valence-corrected chi connectivity index (χ4v) is 2.57. The third-order valence-corrected chi connectivity index (χ3v) is 4.14. The van der Waals surface area contributed by atoms with Crippen molar-refractivity contribution in [3.8, 4) is 0 Å². The van der Waals surface area contributed by atoms with E-state index in [-0.39, 0.29) is 18.6 Å². The quantitative estimate of drug-likeness (QED) is 0.361. The van der Waals surface area contributed by atoms with E-state index in [0.717, 1.165) is 11.1 Å². The monoisotopic (exact) mass is 386 g/mol. The van der Waals surface area contributed by atoms with Gasteiger partial charge < -0.3 is 15.8 Å². The van der Waals surface area contributed by atoms with E-state index in [9.17, 15) is 14.4 Å². The summed E-state index contributed by atoms with van der Waals surface area (Å²) >= 11 is 3.89. The molecule has 3 N–H and O–H groups in total. The molecular formula is C20H22N2O4S. The summed E-state index contributed by atoms with van der Waals surface area (Å²) < 4.78 is 4.92. The van der Waals surface area contributed by atoms with E-state index in [4.69, 9.17) is 10.5 Å². The second-order valence-electron chi connectivity index (χ2n) is 6.00. The van der Waals surface area contributed by atoms with Crippen LogP contribution in [0.25, 0.3) is 0 Å². The topological polar surface area (TPSA) is 98.5 Å². The van der Waals surface area contributed by atoms with Crippen molar-refractivity contribution >= 4 is 30.5 Å². The molecule has 2 atom stereocenters. The lowest BCUT2D eigenvalue weighted by molar-refractivity contribution is -0.162. The van der Waals surface area contributed by atoms with Crippen LogP contribution >= 0.6 is 12.6 Å². The Kier molecular flexibility index (Phi) is 8.03. The van der Waals surface area contributed by atoms with Crippen LogP contribution < -0.4 is 11.1 Å². The van der Waals surface area contributed by atoms with E-state index < -0.39 is 29.9 Å². The Morgan fingerprint density at radius 3 is 1.93 bits per heavy atom. The molecule has 0 spiro atoms. The Morgan fingerprint density at radius 1 is 0.889 bits per heavy atom. The molecule has 0 fully saturated rings. The van der Waals surface area contributed by atoms with Crippen LogP contribution in [0.4, 0.5) is 0 Å². The number of nitrogens with one attached hydrogen (secondary N) is 1. The number of ether oxygens (including phenoxy) is 1. The lowest BCUT2D eigenvalue weighted by atomic mass is 10.1. The maximum atomic E-state index is 12.4. The summed E-state index contributed by atoms with van der Waals surface area (Å²) in [6, 6.07) is 16.3. The van der Waals surface area contributed by atoms with Gasteiger partial charge in [-0.3, -0.25) is 4.79 Å². The minimum Gasteiger partial charge on any atom is -0.390 e. The molecule has 142 valence electrons. The van der Waals surface area contributed by atoms with Crippen molar-refractivity contribution in [1.29, 1.82) is 0 Å². The molecule has 0 heterocycles. The predicted molar refractivity (Wildman–Crippen MR) is 105 cm³/mol. The maximum Gasteiger partial charge on any atom is 0.336 e. The number of amides is 1. The molecule has 27 heavy (non-hydrogen) atoms. The van der Waals surface area contributed by atoms with Gasteiger partial charge in [-0.2, -0.15) is 12.6 Å². The van der Waals surface area contributed by atoms with Crippen LogP contribution in [0.2, 0.25) is 0 Å². The van der Waals surface area contributed by atoms with E-state index in [1.54, 1.807) is 0 Å². The summed E-state index contributed by atoms with van der Waals surface area (Å²) in [5.74, 6) is -2.19. The third-order valence-electron chi connectivity index (χ3n) is 3.85. The summed E-state index contributed by atoms with van der Waals surface area (Å²) in [6.45, 7) is 0. The first kappa shape index (κ1) is 20.7. The molecule has 2 rings (SSSR count). The molecule has 1 amide bonds. The van der Waals surface area contributed by atoms with E-state index in [1.807, 2.05) is 60.7 Å². The Bertz CT molecular complexity index is 768. The number of thiol groups is 1. The average Bonchev–Trinajstić information content (AvgIpc) is 2.68. The number of carbonyl (C=O) groups is 3. The molecule has 0 aliphatic carbocycles. The van der Waals surface area contributed by atoms with E-state index in [2.05, 4.69) is 17.9 Å². The van der Waals surface area contributed by atoms with Crippen LogP contribution in [0.1, 0.15) is 11.1 Å². The summed E-state index contributed by atoms with van der Waals surface area (Å²) in [5, 5.41) is 2.53. The smallest absolute Gasteiger partial charge is 0.336 e.